The van der Waals surface area contributed by atoms with Gasteiger partial charge in [0.05, 0.1) is 18.9 Å². The monoisotopic (exact) mass is 272 g/mol. The van der Waals surface area contributed by atoms with Crippen molar-refractivity contribution in [1.29, 1.82) is 0 Å². The fourth-order valence-electron chi connectivity index (χ4n) is 2.00. The largest absolute Gasteiger partial charge is 0.506 e. The zero-order chi connectivity index (χ0) is 14.5. The normalized spacial score (nSPS) is 10.8. The second kappa shape index (κ2) is 6.50. The third-order valence-electron chi connectivity index (χ3n) is 3.28. The fourth-order valence-corrected chi connectivity index (χ4v) is 2.00. The highest BCUT2D eigenvalue weighted by molar-refractivity contribution is 5.40. The van der Waals surface area contributed by atoms with Crippen molar-refractivity contribution in [2.75, 3.05) is 0 Å². The van der Waals surface area contributed by atoms with Crippen LogP contribution >= 0.6 is 0 Å². The quantitative estimate of drug-likeness (QED) is 0.877. The molecule has 0 aliphatic carbocycles. The molecule has 0 spiro atoms. The van der Waals surface area contributed by atoms with Crippen molar-refractivity contribution >= 4 is 0 Å². The van der Waals surface area contributed by atoms with Gasteiger partial charge in [0, 0.05) is 23.9 Å². The van der Waals surface area contributed by atoms with Crippen LogP contribution in [0.2, 0.25) is 0 Å². The number of hydrogen-bond acceptors (Lipinski definition) is 4. The van der Waals surface area contributed by atoms with Crippen LogP contribution < -0.4 is 5.73 Å². The molecule has 106 valence electrons. The first-order valence-corrected chi connectivity index (χ1v) is 6.61. The second-order valence-electron chi connectivity index (χ2n) is 4.88. The third kappa shape index (κ3) is 3.35. The van der Waals surface area contributed by atoms with Gasteiger partial charge in [-0.1, -0.05) is 29.8 Å². The Labute approximate surface area is 119 Å². The summed E-state index contributed by atoms with van der Waals surface area (Å²) >= 11 is 0. The first-order chi connectivity index (χ1) is 9.61. The van der Waals surface area contributed by atoms with Crippen molar-refractivity contribution in [3.05, 3.63) is 58.4 Å². The first kappa shape index (κ1) is 14.5. The molecule has 0 unspecified atom stereocenters. The molecule has 1 aromatic heterocycles. The summed E-state index contributed by atoms with van der Waals surface area (Å²) in [5.41, 5.74) is 10.2. The molecule has 0 amide bonds. The highest BCUT2D eigenvalue weighted by Crippen LogP contribution is 2.23. The Morgan fingerprint density at radius 2 is 1.85 bits per heavy atom. The number of pyridine rings is 1. The summed E-state index contributed by atoms with van der Waals surface area (Å²) in [5, 5.41) is 9.93. The Morgan fingerprint density at radius 1 is 1.15 bits per heavy atom. The van der Waals surface area contributed by atoms with Crippen molar-refractivity contribution in [3.8, 4) is 5.75 Å². The Kier molecular flexibility index (Phi) is 4.71. The van der Waals surface area contributed by atoms with Crippen LogP contribution in [0.4, 0.5) is 0 Å². The summed E-state index contributed by atoms with van der Waals surface area (Å²) in [7, 11) is 0. The van der Waals surface area contributed by atoms with Gasteiger partial charge in [-0.15, -0.1) is 0 Å². The van der Waals surface area contributed by atoms with E-state index >= 15 is 0 Å². The zero-order valence-electron chi connectivity index (χ0n) is 11.9. The number of hydrogen-bond donors (Lipinski definition) is 2. The Hall–Kier alpha value is -1.91. The maximum absolute atomic E-state index is 9.93. The lowest BCUT2D eigenvalue weighted by Gasteiger charge is -2.11. The molecular formula is C16H20N2O2. The number of benzene rings is 1. The number of rotatable bonds is 5. The molecule has 0 saturated carbocycles. The van der Waals surface area contributed by atoms with E-state index in [1.54, 1.807) is 13.1 Å². The molecule has 1 aromatic carbocycles. The molecule has 0 aliphatic heterocycles. The first-order valence-electron chi connectivity index (χ1n) is 6.61. The Bertz CT molecular complexity index is 580. The Balaban J connectivity index is 2.01. The molecule has 1 heterocycles. The number of aryl methyl sites for hydroxylation is 2. The number of nitrogens with two attached hydrogens (primary N) is 1. The summed E-state index contributed by atoms with van der Waals surface area (Å²) in [6, 6.07) is 8.21. The van der Waals surface area contributed by atoms with E-state index in [1.165, 1.54) is 5.56 Å². The molecule has 0 fully saturated rings. The van der Waals surface area contributed by atoms with Crippen LogP contribution in [0.15, 0.2) is 30.5 Å². The van der Waals surface area contributed by atoms with Crippen LogP contribution in [0.5, 0.6) is 5.75 Å². The fraction of sp³-hybridized carbons (Fsp3) is 0.312. The van der Waals surface area contributed by atoms with Gasteiger partial charge in [0.1, 0.15) is 5.75 Å². The van der Waals surface area contributed by atoms with E-state index in [0.717, 1.165) is 11.1 Å². The standard InChI is InChI=1S/C16H20N2O2/c1-11-3-5-13(6-4-11)9-20-10-14-8-18-12(2)16(19)15(14)7-17/h3-6,8,19H,7,9-10,17H2,1-2H3. The molecule has 2 rings (SSSR count). The molecule has 0 bridgehead atoms. The highest BCUT2D eigenvalue weighted by Gasteiger charge is 2.10. The lowest BCUT2D eigenvalue weighted by Crippen LogP contribution is -2.06. The predicted octanol–water partition coefficient (Wildman–Crippen LogP) is 2.58. The molecule has 0 radical (unpaired) electrons. The maximum Gasteiger partial charge on any atom is 0.141 e. The van der Waals surface area contributed by atoms with Crippen molar-refractivity contribution < 1.29 is 9.84 Å². The van der Waals surface area contributed by atoms with Gasteiger partial charge in [0.15, 0.2) is 0 Å². The van der Waals surface area contributed by atoms with Crippen molar-refractivity contribution in [2.24, 2.45) is 5.73 Å². The number of ether oxygens (including phenoxy) is 1. The van der Waals surface area contributed by atoms with Gasteiger partial charge < -0.3 is 15.6 Å². The van der Waals surface area contributed by atoms with E-state index in [4.69, 9.17) is 10.5 Å². The van der Waals surface area contributed by atoms with Crippen LogP contribution in [0.25, 0.3) is 0 Å². The molecular weight excluding hydrogens is 252 g/mol. The minimum Gasteiger partial charge on any atom is -0.506 e. The molecule has 0 atom stereocenters. The average molecular weight is 272 g/mol. The molecule has 0 saturated heterocycles. The Morgan fingerprint density at radius 3 is 2.50 bits per heavy atom. The molecule has 0 aliphatic rings. The van der Waals surface area contributed by atoms with Crippen LogP contribution in [-0.4, -0.2) is 10.1 Å². The van der Waals surface area contributed by atoms with Crippen molar-refractivity contribution in [1.82, 2.24) is 4.98 Å². The van der Waals surface area contributed by atoms with Gasteiger partial charge in [0.25, 0.3) is 0 Å². The summed E-state index contributed by atoms with van der Waals surface area (Å²) in [6.45, 7) is 5.00. The van der Waals surface area contributed by atoms with Crippen molar-refractivity contribution in [2.45, 2.75) is 33.6 Å². The minimum atomic E-state index is 0.170. The van der Waals surface area contributed by atoms with E-state index in [2.05, 4.69) is 24.0 Å². The van der Waals surface area contributed by atoms with Crippen LogP contribution in [0.1, 0.15) is 27.9 Å². The van der Waals surface area contributed by atoms with Gasteiger partial charge in [-0.2, -0.15) is 0 Å². The summed E-state index contributed by atoms with van der Waals surface area (Å²) in [4.78, 5) is 4.14. The van der Waals surface area contributed by atoms with Gasteiger partial charge in [0.2, 0.25) is 0 Å². The lowest BCUT2D eigenvalue weighted by molar-refractivity contribution is 0.106. The van der Waals surface area contributed by atoms with Gasteiger partial charge in [-0.25, -0.2) is 0 Å². The second-order valence-corrected chi connectivity index (χ2v) is 4.88. The van der Waals surface area contributed by atoms with Gasteiger partial charge >= 0.3 is 0 Å². The predicted molar refractivity (Wildman–Crippen MR) is 78.2 cm³/mol. The number of nitrogens with zero attached hydrogens (tertiary/aromatic N) is 1. The average Bonchev–Trinajstić information content (AvgIpc) is 2.45. The SMILES string of the molecule is Cc1ccc(COCc2cnc(C)c(O)c2CN)cc1. The van der Waals surface area contributed by atoms with Crippen molar-refractivity contribution in [3.63, 3.8) is 0 Å². The van der Waals surface area contributed by atoms with Crippen LogP contribution in [-0.2, 0) is 24.5 Å². The number of aromatic hydroxyl groups is 1. The summed E-state index contributed by atoms with van der Waals surface area (Å²) in [6.07, 6.45) is 1.71. The molecule has 2 aromatic rings. The smallest absolute Gasteiger partial charge is 0.141 e. The molecule has 20 heavy (non-hydrogen) atoms. The highest BCUT2D eigenvalue weighted by atomic mass is 16.5. The molecule has 3 N–H and O–H groups in total. The topological polar surface area (TPSA) is 68.4 Å². The van der Waals surface area contributed by atoms with E-state index in [-0.39, 0.29) is 12.3 Å². The summed E-state index contributed by atoms with van der Waals surface area (Å²) in [5.74, 6) is 0.170. The van der Waals surface area contributed by atoms with Crippen LogP contribution in [0.3, 0.4) is 0 Å². The van der Waals surface area contributed by atoms with Gasteiger partial charge in [-0.3, -0.25) is 4.98 Å². The summed E-state index contributed by atoms with van der Waals surface area (Å²) < 4.78 is 5.68. The van der Waals surface area contributed by atoms with E-state index in [9.17, 15) is 5.11 Å². The minimum absolute atomic E-state index is 0.170. The van der Waals surface area contributed by atoms with E-state index in [0.29, 0.717) is 24.5 Å². The third-order valence-corrected chi connectivity index (χ3v) is 3.28. The maximum atomic E-state index is 9.93. The van der Waals surface area contributed by atoms with Crippen LogP contribution in [0, 0.1) is 13.8 Å². The zero-order valence-corrected chi connectivity index (χ0v) is 11.9. The van der Waals surface area contributed by atoms with Gasteiger partial charge in [-0.05, 0) is 19.4 Å². The lowest BCUT2D eigenvalue weighted by atomic mass is 10.1. The van der Waals surface area contributed by atoms with E-state index in [1.807, 2.05) is 12.1 Å². The van der Waals surface area contributed by atoms with E-state index < -0.39 is 0 Å². The molecule has 4 nitrogen and oxygen atoms in total. The number of aromatic nitrogens is 1. The molecule has 4 heteroatoms.